The van der Waals surface area contributed by atoms with Gasteiger partial charge in [0.05, 0.1) is 0 Å². The number of rotatable bonds is 7. The number of nitrogens with two attached hydrogens (primary N) is 1. The lowest BCUT2D eigenvalue weighted by atomic mass is 9.81. The largest absolute Gasteiger partial charge is 0.355 e. The van der Waals surface area contributed by atoms with Crippen molar-refractivity contribution in [2.45, 2.75) is 47.5 Å². The van der Waals surface area contributed by atoms with Gasteiger partial charge >= 0.3 is 0 Å². The summed E-state index contributed by atoms with van der Waals surface area (Å²) >= 11 is 0. The molecule has 0 saturated carbocycles. The summed E-state index contributed by atoms with van der Waals surface area (Å²) in [4.78, 5) is 11.8. The summed E-state index contributed by atoms with van der Waals surface area (Å²) < 4.78 is 0. The Labute approximate surface area is 100 Å². The molecule has 0 aromatic rings. The number of amides is 1. The molecule has 0 heterocycles. The van der Waals surface area contributed by atoms with E-state index in [9.17, 15) is 4.79 Å². The number of hydrogen-bond acceptors (Lipinski definition) is 2. The summed E-state index contributed by atoms with van der Waals surface area (Å²) in [6.07, 6.45) is 1.80. The zero-order valence-corrected chi connectivity index (χ0v) is 11.5. The van der Waals surface area contributed by atoms with Crippen molar-refractivity contribution in [3.8, 4) is 0 Å². The Morgan fingerprint density at radius 2 is 1.88 bits per heavy atom. The second kappa shape index (κ2) is 6.89. The van der Waals surface area contributed by atoms with Crippen LogP contribution in [0, 0.1) is 17.3 Å². The highest BCUT2D eigenvalue weighted by molar-refractivity contribution is 5.78. The first-order valence-corrected chi connectivity index (χ1v) is 6.29. The number of hydrogen-bond donors (Lipinski definition) is 2. The molecule has 0 fully saturated rings. The average Bonchev–Trinajstić information content (AvgIpc) is 2.22. The third kappa shape index (κ3) is 5.50. The summed E-state index contributed by atoms with van der Waals surface area (Å²) in [6.45, 7) is 12.1. The number of carbonyl (C=O) groups is 1. The summed E-state index contributed by atoms with van der Waals surface area (Å²) in [6, 6.07) is 0. The van der Waals surface area contributed by atoms with Crippen molar-refractivity contribution in [1.82, 2.24) is 5.32 Å². The van der Waals surface area contributed by atoms with Gasteiger partial charge in [0, 0.05) is 12.5 Å². The number of carbonyl (C=O) groups excluding carboxylic acids is 1. The molecule has 0 aromatic carbocycles. The predicted octanol–water partition coefficient (Wildman–Crippen LogP) is 2.16. The molecule has 0 rings (SSSR count). The minimum Gasteiger partial charge on any atom is -0.355 e. The van der Waals surface area contributed by atoms with Gasteiger partial charge in [-0.15, -0.1) is 0 Å². The molecule has 0 aliphatic carbocycles. The zero-order valence-electron chi connectivity index (χ0n) is 11.5. The van der Waals surface area contributed by atoms with Gasteiger partial charge in [0.1, 0.15) is 0 Å². The lowest BCUT2D eigenvalue weighted by Gasteiger charge is -2.30. The topological polar surface area (TPSA) is 55.1 Å². The normalized spacial score (nSPS) is 13.9. The molecule has 1 atom stereocenters. The molecule has 3 N–H and O–H groups in total. The van der Waals surface area contributed by atoms with Crippen molar-refractivity contribution in [3.05, 3.63) is 0 Å². The molecule has 0 radical (unpaired) electrons. The van der Waals surface area contributed by atoms with Crippen LogP contribution in [0.2, 0.25) is 0 Å². The van der Waals surface area contributed by atoms with Crippen LogP contribution < -0.4 is 11.1 Å². The molecule has 0 bridgehead atoms. The van der Waals surface area contributed by atoms with E-state index in [-0.39, 0.29) is 17.2 Å². The predicted molar refractivity (Wildman–Crippen MR) is 69.1 cm³/mol. The van der Waals surface area contributed by atoms with Gasteiger partial charge < -0.3 is 11.1 Å². The molecule has 1 amide bonds. The van der Waals surface area contributed by atoms with Gasteiger partial charge in [-0.1, -0.05) is 34.6 Å². The highest BCUT2D eigenvalue weighted by Crippen LogP contribution is 2.24. The molecule has 3 nitrogen and oxygen atoms in total. The summed E-state index contributed by atoms with van der Waals surface area (Å²) in [5.74, 6) is 0.792. The van der Waals surface area contributed by atoms with E-state index in [1.165, 1.54) is 0 Å². The second-order valence-electron chi connectivity index (χ2n) is 5.69. The monoisotopic (exact) mass is 228 g/mol. The van der Waals surface area contributed by atoms with Gasteiger partial charge in [0.15, 0.2) is 0 Å². The highest BCUT2D eigenvalue weighted by atomic mass is 16.1. The molecule has 0 aliphatic heterocycles. The average molecular weight is 228 g/mol. The third-order valence-electron chi connectivity index (χ3n) is 3.57. The van der Waals surface area contributed by atoms with Gasteiger partial charge in [-0.05, 0) is 30.7 Å². The summed E-state index contributed by atoms with van der Waals surface area (Å²) in [5, 5.41) is 3.03. The molecule has 0 saturated heterocycles. The van der Waals surface area contributed by atoms with Crippen LogP contribution in [0.3, 0.4) is 0 Å². The SMILES string of the molecule is CC(CCCN)C(=O)NCC(C)(C)C(C)C. The fraction of sp³-hybridized carbons (Fsp3) is 0.923. The first-order chi connectivity index (χ1) is 7.31. The van der Waals surface area contributed by atoms with Crippen LogP contribution >= 0.6 is 0 Å². The van der Waals surface area contributed by atoms with Crippen molar-refractivity contribution in [2.75, 3.05) is 13.1 Å². The molecule has 0 spiro atoms. The Kier molecular flexibility index (Phi) is 6.65. The first kappa shape index (κ1) is 15.4. The molecular weight excluding hydrogens is 200 g/mol. The van der Waals surface area contributed by atoms with Crippen LogP contribution in [-0.2, 0) is 4.79 Å². The van der Waals surface area contributed by atoms with E-state index in [4.69, 9.17) is 5.73 Å². The Morgan fingerprint density at radius 3 is 2.31 bits per heavy atom. The van der Waals surface area contributed by atoms with Crippen LogP contribution in [0.25, 0.3) is 0 Å². The van der Waals surface area contributed by atoms with E-state index in [1.807, 2.05) is 6.92 Å². The van der Waals surface area contributed by atoms with E-state index in [1.54, 1.807) is 0 Å². The van der Waals surface area contributed by atoms with Crippen molar-refractivity contribution in [3.63, 3.8) is 0 Å². The summed E-state index contributed by atoms with van der Waals surface area (Å²) in [5.41, 5.74) is 5.58. The van der Waals surface area contributed by atoms with Gasteiger partial charge in [0.2, 0.25) is 5.91 Å². The van der Waals surface area contributed by atoms with E-state index >= 15 is 0 Å². The van der Waals surface area contributed by atoms with E-state index in [0.717, 1.165) is 19.4 Å². The van der Waals surface area contributed by atoms with Crippen LogP contribution in [-0.4, -0.2) is 19.0 Å². The maximum Gasteiger partial charge on any atom is 0.222 e. The summed E-state index contributed by atoms with van der Waals surface area (Å²) in [7, 11) is 0. The molecule has 96 valence electrons. The maximum atomic E-state index is 11.8. The molecule has 0 aromatic heterocycles. The van der Waals surface area contributed by atoms with E-state index in [2.05, 4.69) is 33.0 Å². The third-order valence-corrected chi connectivity index (χ3v) is 3.57. The first-order valence-electron chi connectivity index (χ1n) is 6.29. The lowest BCUT2D eigenvalue weighted by Crippen LogP contribution is -2.39. The van der Waals surface area contributed by atoms with Crippen LogP contribution in [0.1, 0.15) is 47.5 Å². The minimum absolute atomic E-state index is 0.0755. The number of nitrogens with one attached hydrogen (secondary N) is 1. The van der Waals surface area contributed by atoms with Crippen molar-refractivity contribution in [1.29, 1.82) is 0 Å². The highest BCUT2D eigenvalue weighted by Gasteiger charge is 2.23. The van der Waals surface area contributed by atoms with Crippen LogP contribution in [0.4, 0.5) is 0 Å². The molecule has 1 unspecified atom stereocenters. The Balaban J connectivity index is 3.97. The van der Waals surface area contributed by atoms with Crippen molar-refractivity contribution >= 4 is 5.91 Å². The molecule has 3 heteroatoms. The quantitative estimate of drug-likeness (QED) is 0.701. The van der Waals surface area contributed by atoms with E-state index < -0.39 is 0 Å². The molecule has 0 aliphatic rings. The fourth-order valence-corrected chi connectivity index (χ4v) is 1.25. The standard InChI is InChI=1S/C13H28N2O/c1-10(2)13(4,5)9-15-12(16)11(3)7-6-8-14/h10-11H,6-9,14H2,1-5H3,(H,15,16). The Hall–Kier alpha value is -0.570. The Morgan fingerprint density at radius 1 is 1.31 bits per heavy atom. The fourth-order valence-electron chi connectivity index (χ4n) is 1.25. The molecular formula is C13H28N2O. The maximum absolute atomic E-state index is 11.8. The minimum atomic E-state index is 0.0755. The Bertz CT molecular complexity index is 212. The van der Waals surface area contributed by atoms with E-state index in [0.29, 0.717) is 12.5 Å². The van der Waals surface area contributed by atoms with Crippen molar-refractivity contribution in [2.24, 2.45) is 23.0 Å². The van der Waals surface area contributed by atoms with Crippen LogP contribution in [0.15, 0.2) is 0 Å². The van der Waals surface area contributed by atoms with Gasteiger partial charge in [-0.25, -0.2) is 0 Å². The van der Waals surface area contributed by atoms with Gasteiger partial charge in [-0.2, -0.15) is 0 Å². The van der Waals surface area contributed by atoms with Gasteiger partial charge in [-0.3, -0.25) is 4.79 Å². The zero-order chi connectivity index (χ0) is 12.8. The smallest absolute Gasteiger partial charge is 0.222 e. The van der Waals surface area contributed by atoms with Crippen molar-refractivity contribution < 1.29 is 4.79 Å². The van der Waals surface area contributed by atoms with Crippen LogP contribution in [0.5, 0.6) is 0 Å². The molecule has 16 heavy (non-hydrogen) atoms. The second-order valence-corrected chi connectivity index (χ2v) is 5.69. The lowest BCUT2D eigenvalue weighted by molar-refractivity contribution is -0.125. The van der Waals surface area contributed by atoms with Gasteiger partial charge in [0.25, 0.3) is 0 Å².